The first kappa shape index (κ1) is 13.6. The Bertz CT molecular complexity index is 483. The Morgan fingerprint density at radius 2 is 2.16 bits per heavy atom. The molecule has 1 amide bonds. The second kappa shape index (κ2) is 5.42. The summed E-state index contributed by atoms with van der Waals surface area (Å²) < 4.78 is 1.67. The molecule has 0 bridgehead atoms. The molecule has 0 saturated heterocycles. The maximum absolute atomic E-state index is 12.1. The van der Waals surface area contributed by atoms with Crippen molar-refractivity contribution >= 4 is 11.9 Å². The average molecular weight is 265 g/mol. The molecule has 2 N–H and O–H groups in total. The number of carbonyl (C=O) groups is 2. The van der Waals surface area contributed by atoms with E-state index in [9.17, 15) is 9.59 Å². The summed E-state index contributed by atoms with van der Waals surface area (Å²) in [6, 6.07) is 0. The van der Waals surface area contributed by atoms with Gasteiger partial charge in [0, 0.05) is 25.4 Å². The van der Waals surface area contributed by atoms with Crippen LogP contribution in [-0.2, 0) is 23.2 Å². The van der Waals surface area contributed by atoms with Crippen molar-refractivity contribution < 1.29 is 14.7 Å². The standard InChI is InChI=1S/C13H19N3O3/c1-8-3-10(11(4-8)13(18)19)12(17)14-5-9-6-15-16(2)7-9/h6-8,10-11H,3-5H2,1-2H3,(H,14,17)(H,18,19). The molecule has 2 rings (SSSR count). The molecule has 0 aromatic carbocycles. The van der Waals surface area contributed by atoms with Gasteiger partial charge in [-0.25, -0.2) is 0 Å². The summed E-state index contributed by atoms with van der Waals surface area (Å²) in [5.41, 5.74) is 0.911. The van der Waals surface area contributed by atoms with Crippen molar-refractivity contribution in [1.29, 1.82) is 0 Å². The summed E-state index contributed by atoms with van der Waals surface area (Å²) in [5.74, 6) is -1.71. The van der Waals surface area contributed by atoms with E-state index in [0.717, 1.165) is 5.56 Å². The number of rotatable bonds is 4. The number of nitrogens with zero attached hydrogens (tertiary/aromatic N) is 2. The van der Waals surface area contributed by atoms with Crippen LogP contribution in [0.15, 0.2) is 12.4 Å². The number of carboxylic acids is 1. The maximum atomic E-state index is 12.1. The average Bonchev–Trinajstić information content (AvgIpc) is 2.92. The van der Waals surface area contributed by atoms with Gasteiger partial charge in [0.15, 0.2) is 0 Å². The fourth-order valence-corrected chi connectivity index (χ4v) is 2.74. The van der Waals surface area contributed by atoms with Gasteiger partial charge in [-0.1, -0.05) is 6.92 Å². The van der Waals surface area contributed by atoms with Crippen LogP contribution in [-0.4, -0.2) is 26.8 Å². The number of nitrogens with one attached hydrogen (secondary N) is 1. The maximum Gasteiger partial charge on any atom is 0.307 e. The van der Waals surface area contributed by atoms with Crippen molar-refractivity contribution in [3.63, 3.8) is 0 Å². The van der Waals surface area contributed by atoms with E-state index in [0.29, 0.717) is 19.4 Å². The molecule has 1 heterocycles. The molecular formula is C13H19N3O3. The largest absolute Gasteiger partial charge is 0.481 e. The van der Waals surface area contributed by atoms with Gasteiger partial charge in [-0.05, 0) is 18.8 Å². The van der Waals surface area contributed by atoms with Crippen LogP contribution in [0.4, 0.5) is 0 Å². The zero-order chi connectivity index (χ0) is 14.0. The molecule has 0 spiro atoms. The fraction of sp³-hybridized carbons (Fsp3) is 0.615. The Hall–Kier alpha value is -1.85. The predicted octanol–water partition coefficient (Wildman–Crippen LogP) is 0.783. The molecule has 6 nitrogen and oxygen atoms in total. The number of hydrogen-bond acceptors (Lipinski definition) is 3. The van der Waals surface area contributed by atoms with Gasteiger partial charge in [-0.15, -0.1) is 0 Å². The Kier molecular flexibility index (Phi) is 3.87. The van der Waals surface area contributed by atoms with Gasteiger partial charge < -0.3 is 10.4 Å². The van der Waals surface area contributed by atoms with Crippen LogP contribution in [0, 0.1) is 17.8 Å². The molecule has 19 heavy (non-hydrogen) atoms. The molecule has 0 aliphatic heterocycles. The van der Waals surface area contributed by atoms with Gasteiger partial charge in [0.25, 0.3) is 0 Å². The van der Waals surface area contributed by atoms with Crippen LogP contribution in [0.3, 0.4) is 0 Å². The Morgan fingerprint density at radius 3 is 2.74 bits per heavy atom. The quantitative estimate of drug-likeness (QED) is 0.842. The highest BCUT2D eigenvalue weighted by molar-refractivity contribution is 5.85. The fourth-order valence-electron chi connectivity index (χ4n) is 2.74. The van der Waals surface area contributed by atoms with Gasteiger partial charge in [-0.3, -0.25) is 14.3 Å². The minimum atomic E-state index is -0.870. The zero-order valence-electron chi connectivity index (χ0n) is 11.2. The van der Waals surface area contributed by atoms with Crippen molar-refractivity contribution in [1.82, 2.24) is 15.1 Å². The lowest BCUT2D eigenvalue weighted by Gasteiger charge is -2.15. The number of carbonyl (C=O) groups excluding carboxylic acids is 1. The lowest BCUT2D eigenvalue weighted by Crippen LogP contribution is -2.34. The van der Waals surface area contributed by atoms with Crippen LogP contribution in [0.25, 0.3) is 0 Å². The first-order chi connectivity index (χ1) is 8.97. The summed E-state index contributed by atoms with van der Waals surface area (Å²) in [6.45, 7) is 2.38. The van der Waals surface area contributed by atoms with Gasteiger partial charge in [0.2, 0.25) is 5.91 Å². The highest BCUT2D eigenvalue weighted by Crippen LogP contribution is 2.36. The second-order valence-corrected chi connectivity index (χ2v) is 5.37. The lowest BCUT2D eigenvalue weighted by atomic mass is 9.95. The third kappa shape index (κ3) is 3.13. The lowest BCUT2D eigenvalue weighted by molar-refractivity contribution is -0.146. The molecule has 6 heteroatoms. The SMILES string of the molecule is CC1CC(C(=O)O)C(C(=O)NCc2cnn(C)c2)C1. The Morgan fingerprint density at radius 1 is 1.47 bits per heavy atom. The summed E-state index contributed by atoms with van der Waals surface area (Å²) in [7, 11) is 1.81. The van der Waals surface area contributed by atoms with Crippen molar-refractivity contribution in [3.8, 4) is 0 Å². The third-order valence-corrected chi connectivity index (χ3v) is 3.68. The Labute approximate surface area is 111 Å². The third-order valence-electron chi connectivity index (χ3n) is 3.68. The van der Waals surface area contributed by atoms with E-state index in [1.54, 1.807) is 10.9 Å². The van der Waals surface area contributed by atoms with Crippen LogP contribution in [0.5, 0.6) is 0 Å². The van der Waals surface area contributed by atoms with E-state index in [4.69, 9.17) is 5.11 Å². The number of aromatic nitrogens is 2. The van der Waals surface area contributed by atoms with Crippen molar-refractivity contribution in [2.45, 2.75) is 26.3 Å². The molecule has 1 aromatic rings. The van der Waals surface area contributed by atoms with E-state index in [2.05, 4.69) is 10.4 Å². The molecule has 1 aliphatic carbocycles. The first-order valence-corrected chi connectivity index (χ1v) is 6.45. The van der Waals surface area contributed by atoms with E-state index in [1.807, 2.05) is 20.2 Å². The number of amides is 1. The van der Waals surface area contributed by atoms with Crippen molar-refractivity contribution in [3.05, 3.63) is 18.0 Å². The summed E-state index contributed by atoms with van der Waals surface area (Å²) in [4.78, 5) is 23.2. The Balaban J connectivity index is 1.93. The highest BCUT2D eigenvalue weighted by atomic mass is 16.4. The van der Waals surface area contributed by atoms with Crippen LogP contribution in [0.1, 0.15) is 25.3 Å². The van der Waals surface area contributed by atoms with E-state index in [-0.39, 0.29) is 11.8 Å². The number of hydrogen-bond donors (Lipinski definition) is 2. The minimum Gasteiger partial charge on any atom is -0.481 e. The van der Waals surface area contributed by atoms with Crippen molar-refractivity contribution in [2.24, 2.45) is 24.8 Å². The molecule has 1 aromatic heterocycles. The molecule has 1 aliphatic rings. The first-order valence-electron chi connectivity index (χ1n) is 6.45. The molecule has 3 unspecified atom stereocenters. The van der Waals surface area contributed by atoms with Crippen LogP contribution in [0.2, 0.25) is 0 Å². The molecule has 104 valence electrons. The number of aryl methyl sites for hydroxylation is 1. The molecule has 1 saturated carbocycles. The van der Waals surface area contributed by atoms with Gasteiger partial charge >= 0.3 is 5.97 Å². The molecule has 1 fully saturated rings. The van der Waals surface area contributed by atoms with E-state index >= 15 is 0 Å². The number of aliphatic carboxylic acids is 1. The second-order valence-electron chi connectivity index (χ2n) is 5.37. The number of carboxylic acid groups (broad SMARTS) is 1. The summed E-state index contributed by atoms with van der Waals surface area (Å²) in [6.07, 6.45) is 4.74. The smallest absolute Gasteiger partial charge is 0.307 e. The monoisotopic (exact) mass is 265 g/mol. The minimum absolute atomic E-state index is 0.166. The molecule has 3 atom stereocenters. The highest BCUT2D eigenvalue weighted by Gasteiger charge is 2.40. The summed E-state index contributed by atoms with van der Waals surface area (Å²) >= 11 is 0. The van der Waals surface area contributed by atoms with Crippen LogP contribution < -0.4 is 5.32 Å². The van der Waals surface area contributed by atoms with Crippen LogP contribution >= 0.6 is 0 Å². The predicted molar refractivity (Wildman–Crippen MR) is 68.1 cm³/mol. The molecule has 0 radical (unpaired) electrons. The zero-order valence-corrected chi connectivity index (χ0v) is 11.2. The topological polar surface area (TPSA) is 84.2 Å². The van der Waals surface area contributed by atoms with Gasteiger partial charge in [0.1, 0.15) is 0 Å². The summed E-state index contributed by atoms with van der Waals surface area (Å²) in [5, 5.41) is 16.0. The normalized spacial score (nSPS) is 26.3. The van der Waals surface area contributed by atoms with Gasteiger partial charge in [0.05, 0.1) is 18.0 Å². The van der Waals surface area contributed by atoms with Gasteiger partial charge in [-0.2, -0.15) is 5.10 Å². The van der Waals surface area contributed by atoms with E-state index in [1.165, 1.54) is 0 Å². The van der Waals surface area contributed by atoms with E-state index < -0.39 is 17.8 Å². The molecular weight excluding hydrogens is 246 g/mol. The van der Waals surface area contributed by atoms with Crippen molar-refractivity contribution in [2.75, 3.05) is 0 Å².